The van der Waals surface area contributed by atoms with Crippen molar-refractivity contribution in [1.29, 1.82) is 0 Å². The van der Waals surface area contributed by atoms with Crippen molar-refractivity contribution in [1.82, 2.24) is 4.90 Å². The minimum Gasteiger partial charge on any atom is -0.374 e. The molecule has 0 aromatic heterocycles. The predicted molar refractivity (Wildman–Crippen MR) is 69.9 cm³/mol. The van der Waals surface area contributed by atoms with Crippen molar-refractivity contribution in [2.45, 2.75) is 31.4 Å². The standard InChI is InChI=1S/C14H16ClNO2/c15-11-6-4-10(5-7-11)14(17)16-8-9-18-13-3-1-2-12(13)16/h4-7,12-13H,1-3,8-9H2. The lowest BCUT2D eigenvalue weighted by molar-refractivity contribution is -0.0445. The van der Waals surface area contributed by atoms with Crippen molar-refractivity contribution < 1.29 is 9.53 Å². The molecule has 18 heavy (non-hydrogen) atoms. The number of hydrogen-bond acceptors (Lipinski definition) is 2. The quantitative estimate of drug-likeness (QED) is 0.781. The van der Waals surface area contributed by atoms with E-state index in [1.807, 2.05) is 4.90 Å². The van der Waals surface area contributed by atoms with Gasteiger partial charge in [-0.05, 0) is 43.5 Å². The second-order valence-electron chi connectivity index (χ2n) is 4.91. The molecule has 1 aromatic carbocycles. The Morgan fingerprint density at radius 2 is 2.06 bits per heavy atom. The van der Waals surface area contributed by atoms with E-state index < -0.39 is 0 Å². The van der Waals surface area contributed by atoms with E-state index in [0.717, 1.165) is 19.3 Å². The van der Waals surface area contributed by atoms with Crippen LogP contribution in [0.4, 0.5) is 0 Å². The Morgan fingerprint density at radius 3 is 2.83 bits per heavy atom. The molecule has 96 valence electrons. The maximum atomic E-state index is 12.5. The van der Waals surface area contributed by atoms with Gasteiger partial charge in [-0.15, -0.1) is 0 Å². The zero-order valence-corrected chi connectivity index (χ0v) is 10.9. The third kappa shape index (κ3) is 2.13. The van der Waals surface area contributed by atoms with Crippen molar-refractivity contribution in [2.75, 3.05) is 13.2 Å². The second-order valence-corrected chi connectivity index (χ2v) is 5.35. The summed E-state index contributed by atoms with van der Waals surface area (Å²) in [5, 5.41) is 0.660. The fraction of sp³-hybridized carbons (Fsp3) is 0.500. The molecule has 1 aromatic rings. The first-order valence-corrected chi connectivity index (χ1v) is 6.81. The number of carbonyl (C=O) groups excluding carboxylic acids is 1. The van der Waals surface area contributed by atoms with Crippen molar-refractivity contribution in [3.05, 3.63) is 34.9 Å². The summed E-state index contributed by atoms with van der Waals surface area (Å²) >= 11 is 5.85. The van der Waals surface area contributed by atoms with Crippen LogP contribution in [0.5, 0.6) is 0 Å². The van der Waals surface area contributed by atoms with Crippen molar-refractivity contribution in [2.24, 2.45) is 0 Å². The van der Waals surface area contributed by atoms with Crippen LogP contribution in [-0.4, -0.2) is 36.1 Å². The van der Waals surface area contributed by atoms with Gasteiger partial charge < -0.3 is 9.64 Å². The molecule has 1 aliphatic heterocycles. The van der Waals surface area contributed by atoms with Crippen molar-refractivity contribution >= 4 is 17.5 Å². The van der Waals surface area contributed by atoms with Crippen LogP contribution in [0.3, 0.4) is 0 Å². The number of ether oxygens (including phenoxy) is 1. The number of halogens is 1. The normalized spacial score (nSPS) is 27.1. The summed E-state index contributed by atoms with van der Waals surface area (Å²) in [5.41, 5.74) is 0.715. The zero-order valence-electron chi connectivity index (χ0n) is 10.1. The molecule has 3 rings (SSSR count). The highest BCUT2D eigenvalue weighted by Gasteiger charge is 2.38. The lowest BCUT2D eigenvalue weighted by Gasteiger charge is -2.37. The molecule has 1 amide bonds. The van der Waals surface area contributed by atoms with E-state index in [2.05, 4.69) is 0 Å². The van der Waals surface area contributed by atoms with Gasteiger partial charge in [-0.1, -0.05) is 11.6 Å². The number of fused-ring (bicyclic) bond motifs is 1. The molecule has 1 saturated heterocycles. The number of nitrogens with zero attached hydrogens (tertiary/aromatic N) is 1. The van der Waals surface area contributed by atoms with Gasteiger partial charge in [0, 0.05) is 17.1 Å². The molecule has 2 fully saturated rings. The summed E-state index contributed by atoms with van der Waals surface area (Å²) in [5.74, 6) is 0.104. The van der Waals surface area contributed by atoms with E-state index in [1.165, 1.54) is 0 Å². The fourth-order valence-electron chi connectivity index (χ4n) is 2.94. The molecule has 0 spiro atoms. The Kier molecular flexibility index (Phi) is 3.27. The maximum absolute atomic E-state index is 12.5. The van der Waals surface area contributed by atoms with E-state index in [1.54, 1.807) is 24.3 Å². The van der Waals surface area contributed by atoms with E-state index >= 15 is 0 Å². The molecular weight excluding hydrogens is 250 g/mol. The highest BCUT2D eigenvalue weighted by molar-refractivity contribution is 6.30. The van der Waals surface area contributed by atoms with Crippen LogP contribution in [-0.2, 0) is 4.74 Å². The summed E-state index contributed by atoms with van der Waals surface area (Å²) in [6, 6.07) is 7.39. The van der Waals surface area contributed by atoms with E-state index in [0.29, 0.717) is 23.7 Å². The first-order chi connectivity index (χ1) is 8.75. The smallest absolute Gasteiger partial charge is 0.254 e. The number of hydrogen-bond donors (Lipinski definition) is 0. The van der Waals surface area contributed by atoms with Gasteiger partial charge in [0.2, 0.25) is 0 Å². The van der Waals surface area contributed by atoms with Gasteiger partial charge in [0.05, 0.1) is 18.8 Å². The highest BCUT2D eigenvalue weighted by Crippen LogP contribution is 2.30. The van der Waals surface area contributed by atoms with Crippen LogP contribution < -0.4 is 0 Å². The molecular formula is C14H16ClNO2. The summed E-state index contributed by atoms with van der Waals surface area (Å²) in [6.07, 6.45) is 3.54. The maximum Gasteiger partial charge on any atom is 0.254 e. The predicted octanol–water partition coefficient (Wildman–Crippen LogP) is 2.73. The molecule has 1 saturated carbocycles. The topological polar surface area (TPSA) is 29.5 Å². The Hall–Kier alpha value is -1.06. The Labute approximate surface area is 112 Å². The van der Waals surface area contributed by atoms with Gasteiger partial charge in [0.25, 0.3) is 5.91 Å². The van der Waals surface area contributed by atoms with Crippen LogP contribution in [0.15, 0.2) is 24.3 Å². The Morgan fingerprint density at radius 1 is 1.28 bits per heavy atom. The van der Waals surface area contributed by atoms with Crippen LogP contribution in [0.25, 0.3) is 0 Å². The van der Waals surface area contributed by atoms with E-state index in [-0.39, 0.29) is 18.1 Å². The van der Waals surface area contributed by atoms with Gasteiger partial charge in [0.15, 0.2) is 0 Å². The van der Waals surface area contributed by atoms with Gasteiger partial charge in [-0.3, -0.25) is 4.79 Å². The molecule has 1 aliphatic carbocycles. The summed E-state index contributed by atoms with van der Waals surface area (Å²) in [7, 11) is 0. The molecule has 2 aliphatic rings. The van der Waals surface area contributed by atoms with Gasteiger partial charge in [0.1, 0.15) is 0 Å². The summed E-state index contributed by atoms with van der Waals surface area (Å²) in [4.78, 5) is 14.5. The molecule has 4 heteroatoms. The summed E-state index contributed by atoms with van der Waals surface area (Å²) in [6.45, 7) is 1.35. The molecule has 0 radical (unpaired) electrons. The van der Waals surface area contributed by atoms with Gasteiger partial charge >= 0.3 is 0 Å². The highest BCUT2D eigenvalue weighted by atomic mass is 35.5. The minimum absolute atomic E-state index is 0.104. The van der Waals surface area contributed by atoms with E-state index in [4.69, 9.17) is 16.3 Å². The third-order valence-corrected chi connectivity index (χ3v) is 4.09. The molecule has 2 unspecified atom stereocenters. The molecule has 1 heterocycles. The average Bonchev–Trinajstić information content (AvgIpc) is 2.87. The van der Waals surface area contributed by atoms with Gasteiger partial charge in [-0.25, -0.2) is 0 Å². The van der Waals surface area contributed by atoms with E-state index in [9.17, 15) is 4.79 Å². The lowest BCUT2D eigenvalue weighted by atomic mass is 10.1. The van der Waals surface area contributed by atoms with Crippen molar-refractivity contribution in [3.63, 3.8) is 0 Å². The van der Waals surface area contributed by atoms with Crippen LogP contribution in [0.1, 0.15) is 29.6 Å². The molecule has 0 N–H and O–H groups in total. The molecule has 0 bridgehead atoms. The minimum atomic E-state index is 0.104. The van der Waals surface area contributed by atoms with Gasteiger partial charge in [-0.2, -0.15) is 0 Å². The molecule has 2 atom stereocenters. The average molecular weight is 266 g/mol. The largest absolute Gasteiger partial charge is 0.374 e. The monoisotopic (exact) mass is 265 g/mol. The summed E-state index contributed by atoms with van der Waals surface area (Å²) < 4.78 is 5.72. The Bertz CT molecular complexity index is 446. The van der Waals surface area contributed by atoms with Crippen LogP contribution in [0, 0.1) is 0 Å². The second kappa shape index (κ2) is 4.90. The SMILES string of the molecule is O=C(c1ccc(Cl)cc1)N1CCOC2CCCC21. The molecule has 3 nitrogen and oxygen atoms in total. The number of rotatable bonds is 1. The third-order valence-electron chi connectivity index (χ3n) is 3.83. The number of morpholine rings is 1. The fourth-order valence-corrected chi connectivity index (χ4v) is 3.06. The number of benzene rings is 1. The Balaban J connectivity index is 1.81. The lowest BCUT2D eigenvalue weighted by Crippen LogP contribution is -2.51. The van der Waals surface area contributed by atoms with Crippen LogP contribution in [0.2, 0.25) is 5.02 Å². The number of carbonyl (C=O) groups is 1. The number of amides is 1. The first-order valence-electron chi connectivity index (χ1n) is 6.44. The zero-order chi connectivity index (χ0) is 12.5. The first kappa shape index (κ1) is 12.0. The van der Waals surface area contributed by atoms with Crippen molar-refractivity contribution in [3.8, 4) is 0 Å². The van der Waals surface area contributed by atoms with Crippen LogP contribution >= 0.6 is 11.6 Å².